The zero-order chi connectivity index (χ0) is 22.1. The van der Waals surface area contributed by atoms with E-state index in [9.17, 15) is 18.0 Å². The van der Waals surface area contributed by atoms with Gasteiger partial charge in [-0.2, -0.15) is 13.2 Å². The number of likely N-dealkylation sites (N-methyl/N-ethyl adjacent to an activating group) is 1. The molecule has 0 bridgehead atoms. The third-order valence-electron chi connectivity index (χ3n) is 5.93. The van der Waals surface area contributed by atoms with E-state index in [-0.39, 0.29) is 16.1 Å². The predicted molar refractivity (Wildman–Crippen MR) is 113 cm³/mol. The van der Waals surface area contributed by atoms with Gasteiger partial charge in [-0.3, -0.25) is 4.79 Å². The smallest absolute Gasteiger partial charge is 0.343 e. The minimum absolute atomic E-state index is 0.123. The van der Waals surface area contributed by atoms with Crippen LogP contribution in [0.2, 0.25) is 10.0 Å². The van der Waals surface area contributed by atoms with Crippen molar-refractivity contribution in [2.45, 2.75) is 43.4 Å². The highest BCUT2D eigenvalue weighted by atomic mass is 35.5. The first kappa shape index (κ1) is 22.9. The van der Waals surface area contributed by atoms with E-state index < -0.39 is 28.7 Å². The second kappa shape index (κ2) is 8.77. The molecule has 162 valence electrons. The highest BCUT2D eigenvalue weighted by molar-refractivity contribution is 6.40. The molecule has 0 aliphatic heterocycles. The Balaban J connectivity index is 2.06. The van der Waals surface area contributed by atoms with Gasteiger partial charge in [0.15, 0.2) is 0 Å². The first-order valence-electron chi connectivity index (χ1n) is 9.66. The molecule has 0 heterocycles. The van der Waals surface area contributed by atoms with Crippen LogP contribution in [0.5, 0.6) is 0 Å². The summed E-state index contributed by atoms with van der Waals surface area (Å²) in [6, 6.07) is 10.8. The molecule has 1 atom stereocenters. The predicted octanol–water partition coefficient (Wildman–Crippen LogP) is 6.36. The molecule has 1 N–H and O–H groups in total. The Bertz CT molecular complexity index is 911. The molecule has 1 aliphatic rings. The molecule has 0 saturated heterocycles. The van der Waals surface area contributed by atoms with E-state index in [2.05, 4.69) is 10.2 Å². The standard InChI is InChI=1S/C22H23Cl2F3N2O/c1-29(2)21(12-6-7-13-21)19(14-8-4-3-5-9-14)28-20(30)17-16(23)11-10-15(18(17)24)22(25,26)27/h3-5,8-11,19H,6-7,12-13H2,1-2H3,(H,28,30). The molecule has 1 fully saturated rings. The molecule has 30 heavy (non-hydrogen) atoms. The molecular weight excluding hydrogens is 436 g/mol. The van der Waals surface area contributed by atoms with Crippen molar-refractivity contribution in [2.24, 2.45) is 0 Å². The lowest BCUT2D eigenvalue weighted by molar-refractivity contribution is -0.137. The number of rotatable bonds is 5. The van der Waals surface area contributed by atoms with Gasteiger partial charge in [-0.05, 0) is 44.6 Å². The fraction of sp³-hybridized carbons (Fsp3) is 0.409. The number of halogens is 5. The third kappa shape index (κ3) is 4.32. The van der Waals surface area contributed by atoms with Gasteiger partial charge in [0.1, 0.15) is 0 Å². The minimum Gasteiger partial charge on any atom is -0.343 e. The number of carbonyl (C=O) groups excluding carboxylic acids is 1. The van der Waals surface area contributed by atoms with Crippen LogP contribution < -0.4 is 5.32 Å². The van der Waals surface area contributed by atoms with Crippen molar-refractivity contribution in [3.8, 4) is 0 Å². The number of alkyl halides is 3. The summed E-state index contributed by atoms with van der Waals surface area (Å²) in [4.78, 5) is 15.3. The van der Waals surface area contributed by atoms with Crippen molar-refractivity contribution in [3.63, 3.8) is 0 Å². The zero-order valence-corrected chi connectivity index (χ0v) is 18.2. The number of nitrogens with one attached hydrogen (secondary N) is 1. The molecule has 2 aromatic carbocycles. The van der Waals surface area contributed by atoms with Crippen LogP contribution >= 0.6 is 23.2 Å². The first-order chi connectivity index (χ1) is 14.1. The molecule has 0 radical (unpaired) electrons. The second-order valence-electron chi connectivity index (χ2n) is 7.80. The van der Waals surface area contributed by atoms with Crippen LogP contribution in [-0.2, 0) is 6.18 Å². The largest absolute Gasteiger partial charge is 0.417 e. The molecule has 3 rings (SSSR count). The molecule has 8 heteroatoms. The highest BCUT2D eigenvalue weighted by Crippen LogP contribution is 2.44. The summed E-state index contributed by atoms with van der Waals surface area (Å²) < 4.78 is 39.9. The average Bonchev–Trinajstić information content (AvgIpc) is 3.17. The van der Waals surface area contributed by atoms with Gasteiger partial charge in [-0.15, -0.1) is 0 Å². The molecule has 1 saturated carbocycles. The summed E-state index contributed by atoms with van der Waals surface area (Å²) in [5.74, 6) is -0.724. The van der Waals surface area contributed by atoms with Crippen molar-refractivity contribution < 1.29 is 18.0 Å². The lowest BCUT2D eigenvalue weighted by Gasteiger charge is -2.44. The Morgan fingerprint density at radius 1 is 1.07 bits per heavy atom. The molecule has 2 aromatic rings. The summed E-state index contributed by atoms with van der Waals surface area (Å²) >= 11 is 12.1. The van der Waals surface area contributed by atoms with Gasteiger partial charge in [0.05, 0.1) is 27.2 Å². The first-order valence-corrected chi connectivity index (χ1v) is 10.4. The lowest BCUT2D eigenvalue weighted by atomic mass is 9.82. The van der Waals surface area contributed by atoms with E-state index in [1.807, 2.05) is 44.4 Å². The van der Waals surface area contributed by atoms with E-state index in [0.29, 0.717) is 0 Å². The van der Waals surface area contributed by atoms with Crippen molar-refractivity contribution in [3.05, 3.63) is 69.2 Å². The van der Waals surface area contributed by atoms with Gasteiger partial charge >= 0.3 is 6.18 Å². The summed E-state index contributed by atoms with van der Waals surface area (Å²) in [5.41, 5.74) is -0.933. The van der Waals surface area contributed by atoms with Gasteiger partial charge in [-0.25, -0.2) is 0 Å². The number of hydrogen-bond acceptors (Lipinski definition) is 2. The Labute approximate surface area is 184 Å². The van der Waals surface area contributed by atoms with Crippen LogP contribution in [-0.4, -0.2) is 30.4 Å². The van der Waals surface area contributed by atoms with Crippen LogP contribution in [0.4, 0.5) is 13.2 Å². The number of carbonyl (C=O) groups is 1. The summed E-state index contributed by atoms with van der Waals surface area (Å²) in [7, 11) is 3.91. The maximum absolute atomic E-state index is 13.3. The molecule has 3 nitrogen and oxygen atoms in total. The van der Waals surface area contributed by atoms with Crippen LogP contribution in [0, 0.1) is 0 Å². The van der Waals surface area contributed by atoms with E-state index in [4.69, 9.17) is 23.2 Å². The number of amides is 1. The van der Waals surface area contributed by atoms with Gasteiger partial charge < -0.3 is 10.2 Å². The van der Waals surface area contributed by atoms with Crippen LogP contribution in [0.15, 0.2) is 42.5 Å². The zero-order valence-electron chi connectivity index (χ0n) is 16.7. The number of benzene rings is 2. The molecule has 1 unspecified atom stereocenters. The quantitative estimate of drug-likeness (QED) is 0.565. The summed E-state index contributed by atoms with van der Waals surface area (Å²) in [5, 5.41) is 2.14. The maximum Gasteiger partial charge on any atom is 0.417 e. The molecule has 1 amide bonds. The second-order valence-corrected chi connectivity index (χ2v) is 8.59. The van der Waals surface area contributed by atoms with Gasteiger partial charge in [0.25, 0.3) is 5.91 Å². The van der Waals surface area contributed by atoms with E-state index in [0.717, 1.165) is 43.4 Å². The Morgan fingerprint density at radius 2 is 1.67 bits per heavy atom. The SMILES string of the molecule is CN(C)C1(C(NC(=O)c2c(Cl)ccc(C(F)(F)F)c2Cl)c2ccccc2)CCCC1. The van der Waals surface area contributed by atoms with Crippen molar-refractivity contribution in [2.75, 3.05) is 14.1 Å². The van der Waals surface area contributed by atoms with Crippen molar-refractivity contribution >= 4 is 29.1 Å². The van der Waals surface area contributed by atoms with Gasteiger partial charge in [-0.1, -0.05) is 66.4 Å². The molecule has 0 spiro atoms. The lowest BCUT2D eigenvalue weighted by Crippen LogP contribution is -2.53. The Morgan fingerprint density at radius 3 is 2.20 bits per heavy atom. The van der Waals surface area contributed by atoms with Crippen molar-refractivity contribution in [1.29, 1.82) is 0 Å². The molecule has 1 aliphatic carbocycles. The van der Waals surface area contributed by atoms with Gasteiger partial charge in [0, 0.05) is 5.54 Å². The summed E-state index contributed by atoms with van der Waals surface area (Å²) in [6.45, 7) is 0. The average molecular weight is 459 g/mol. The number of hydrogen-bond donors (Lipinski definition) is 1. The van der Waals surface area contributed by atoms with E-state index in [1.54, 1.807) is 0 Å². The fourth-order valence-electron chi connectivity index (χ4n) is 4.34. The van der Waals surface area contributed by atoms with Gasteiger partial charge in [0.2, 0.25) is 0 Å². The Hall–Kier alpha value is -1.76. The van der Waals surface area contributed by atoms with E-state index >= 15 is 0 Å². The third-order valence-corrected chi connectivity index (χ3v) is 6.64. The number of nitrogens with zero attached hydrogens (tertiary/aromatic N) is 1. The fourth-order valence-corrected chi connectivity index (χ4v) is 4.99. The van der Waals surface area contributed by atoms with Crippen molar-refractivity contribution in [1.82, 2.24) is 10.2 Å². The van der Waals surface area contributed by atoms with Crippen LogP contribution in [0.25, 0.3) is 0 Å². The maximum atomic E-state index is 13.3. The topological polar surface area (TPSA) is 32.3 Å². The molecular formula is C22H23Cl2F3N2O. The van der Waals surface area contributed by atoms with E-state index in [1.165, 1.54) is 0 Å². The normalized spacial score (nSPS) is 17.2. The monoisotopic (exact) mass is 458 g/mol. The summed E-state index contributed by atoms with van der Waals surface area (Å²) in [6.07, 6.45) is -0.982. The van der Waals surface area contributed by atoms with Crippen LogP contribution in [0.1, 0.15) is 53.2 Å². The highest BCUT2D eigenvalue weighted by Gasteiger charge is 2.45. The minimum atomic E-state index is -4.69. The van der Waals surface area contributed by atoms with Crippen LogP contribution in [0.3, 0.4) is 0 Å². The Kier molecular flexibility index (Phi) is 6.70. The molecule has 0 aromatic heterocycles.